The van der Waals surface area contributed by atoms with E-state index in [1.165, 1.54) is 16.8 Å². The van der Waals surface area contributed by atoms with Gasteiger partial charge in [0.2, 0.25) is 0 Å². The summed E-state index contributed by atoms with van der Waals surface area (Å²) in [6.45, 7) is 3.07. The van der Waals surface area contributed by atoms with Crippen LogP contribution in [0.25, 0.3) is 0 Å². The molecule has 0 aromatic heterocycles. The molecular formula is C17H21BrN2. The Balaban J connectivity index is 1.96. The summed E-state index contributed by atoms with van der Waals surface area (Å²) in [4.78, 5) is 2.11. The second-order valence-electron chi connectivity index (χ2n) is 5.22. The van der Waals surface area contributed by atoms with Gasteiger partial charge in [-0.15, -0.1) is 0 Å². The van der Waals surface area contributed by atoms with Crippen LogP contribution in [0.15, 0.2) is 53.0 Å². The number of anilines is 1. The summed E-state index contributed by atoms with van der Waals surface area (Å²) >= 11 is 3.50. The molecule has 2 aromatic rings. The summed E-state index contributed by atoms with van der Waals surface area (Å²) in [7, 11) is 4.12. The van der Waals surface area contributed by atoms with E-state index in [1.54, 1.807) is 0 Å². The highest BCUT2D eigenvalue weighted by molar-refractivity contribution is 9.10. The lowest BCUT2D eigenvalue weighted by Crippen LogP contribution is -2.18. The van der Waals surface area contributed by atoms with E-state index in [9.17, 15) is 0 Å². The Hall–Kier alpha value is -1.32. The van der Waals surface area contributed by atoms with Crippen molar-refractivity contribution < 1.29 is 0 Å². The minimum absolute atomic E-state index is 0.338. The van der Waals surface area contributed by atoms with Crippen molar-refractivity contribution in [2.75, 3.05) is 19.0 Å². The highest BCUT2D eigenvalue weighted by Crippen LogP contribution is 2.18. The molecule has 3 heteroatoms. The molecule has 1 atom stereocenters. The molecule has 2 aromatic carbocycles. The molecule has 0 fully saturated rings. The number of benzene rings is 2. The molecule has 0 aliphatic heterocycles. The van der Waals surface area contributed by atoms with Crippen LogP contribution in [0.5, 0.6) is 0 Å². The number of nitrogens with zero attached hydrogens (tertiary/aromatic N) is 1. The van der Waals surface area contributed by atoms with Gasteiger partial charge < -0.3 is 10.2 Å². The first kappa shape index (κ1) is 15.1. The Morgan fingerprint density at radius 3 is 2.40 bits per heavy atom. The van der Waals surface area contributed by atoms with Gasteiger partial charge in [0.15, 0.2) is 0 Å². The molecule has 0 heterocycles. The molecule has 0 bridgehead atoms. The van der Waals surface area contributed by atoms with E-state index < -0.39 is 0 Å². The smallest absolute Gasteiger partial charge is 0.0361 e. The summed E-state index contributed by atoms with van der Waals surface area (Å²) < 4.78 is 1.12. The van der Waals surface area contributed by atoms with Crippen molar-refractivity contribution in [3.63, 3.8) is 0 Å². The van der Waals surface area contributed by atoms with Crippen LogP contribution in [0.1, 0.15) is 24.1 Å². The van der Waals surface area contributed by atoms with Crippen LogP contribution in [0.2, 0.25) is 0 Å². The topological polar surface area (TPSA) is 15.3 Å². The zero-order valence-corrected chi connectivity index (χ0v) is 13.8. The fourth-order valence-electron chi connectivity index (χ4n) is 2.10. The van der Waals surface area contributed by atoms with Gasteiger partial charge in [0.1, 0.15) is 0 Å². The molecule has 20 heavy (non-hydrogen) atoms. The molecular weight excluding hydrogens is 312 g/mol. The quantitative estimate of drug-likeness (QED) is 0.874. The van der Waals surface area contributed by atoms with Gasteiger partial charge in [-0.3, -0.25) is 0 Å². The predicted molar refractivity (Wildman–Crippen MR) is 90.2 cm³/mol. The first-order chi connectivity index (χ1) is 9.56. The predicted octanol–water partition coefficient (Wildman–Crippen LogP) is 4.37. The van der Waals surface area contributed by atoms with Crippen LogP contribution >= 0.6 is 15.9 Å². The third kappa shape index (κ3) is 4.09. The maximum atomic E-state index is 3.56. The van der Waals surface area contributed by atoms with Gasteiger partial charge in [0, 0.05) is 36.8 Å². The summed E-state index contributed by atoms with van der Waals surface area (Å²) in [5, 5.41) is 3.56. The molecule has 0 saturated heterocycles. The lowest BCUT2D eigenvalue weighted by Gasteiger charge is -2.17. The molecule has 106 valence electrons. The van der Waals surface area contributed by atoms with Gasteiger partial charge in [-0.25, -0.2) is 0 Å². The van der Waals surface area contributed by atoms with Gasteiger partial charge in [-0.1, -0.05) is 40.2 Å². The van der Waals surface area contributed by atoms with Crippen molar-refractivity contribution in [2.24, 2.45) is 0 Å². The van der Waals surface area contributed by atoms with Crippen molar-refractivity contribution in [2.45, 2.75) is 19.5 Å². The second-order valence-corrected chi connectivity index (χ2v) is 6.13. The summed E-state index contributed by atoms with van der Waals surface area (Å²) in [5.41, 5.74) is 3.83. The lowest BCUT2D eigenvalue weighted by molar-refractivity contribution is 0.574. The van der Waals surface area contributed by atoms with Crippen LogP contribution in [0.4, 0.5) is 5.69 Å². The van der Waals surface area contributed by atoms with Crippen molar-refractivity contribution in [3.05, 3.63) is 64.1 Å². The second kappa shape index (κ2) is 6.91. The fourth-order valence-corrected chi connectivity index (χ4v) is 2.54. The van der Waals surface area contributed by atoms with E-state index in [4.69, 9.17) is 0 Å². The summed E-state index contributed by atoms with van der Waals surface area (Å²) in [5.74, 6) is 0. The van der Waals surface area contributed by atoms with E-state index in [0.29, 0.717) is 6.04 Å². The van der Waals surface area contributed by atoms with Crippen molar-refractivity contribution in [1.29, 1.82) is 0 Å². The molecule has 0 spiro atoms. The number of nitrogens with one attached hydrogen (secondary N) is 1. The Morgan fingerprint density at radius 1 is 1.10 bits per heavy atom. The molecule has 0 radical (unpaired) electrons. The van der Waals surface area contributed by atoms with Crippen LogP contribution in [0.3, 0.4) is 0 Å². The molecule has 1 unspecified atom stereocenters. The SMILES string of the molecule is CC(NCc1cccc(Br)c1)c1ccc(N(C)C)cc1. The maximum absolute atomic E-state index is 3.56. The van der Waals surface area contributed by atoms with E-state index in [1.807, 2.05) is 6.07 Å². The number of rotatable bonds is 5. The number of halogens is 1. The highest BCUT2D eigenvalue weighted by atomic mass is 79.9. The summed E-state index contributed by atoms with van der Waals surface area (Å²) in [6, 6.07) is 17.4. The average molecular weight is 333 g/mol. The van der Waals surface area contributed by atoms with Crippen molar-refractivity contribution >= 4 is 21.6 Å². The van der Waals surface area contributed by atoms with E-state index in [0.717, 1.165) is 11.0 Å². The van der Waals surface area contributed by atoms with Crippen LogP contribution in [-0.4, -0.2) is 14.1 Å². The molecule has 0 aliphatic rings. The molecule has 1 N–H and O–H groups in total. The standard InChI is InChI=1S/C17H21BrN2/c1-13(15-7-9-17(10-8-15)20(2)3)19-12-14-5-4-6-16(18)11-14/h4-11,13,19H,12H2,1-3H3. The first-order valence-corrected chi connectivity index (χ1v) is 7.60. The number of hydrogen-bond donors (Lipinski definition) is 1. The first-order valence-electron chi connectivity index (χ1n) is 6.81. The van der Waals surface area contributed by atoms with Gasteiger partial charge in [0.25, 0.3) is 0 Å². The van der Waals surface area contributed by atoms with Crippen molar-refractivity contribution in [3.8, 4) is 0 Å². The Kier molecular flexibility index (Phi) is 5.21. The lowest BCUT2D eigenvalue weighted by atomic mass is 10.1. The van der Waals surface area contributed by atoms with Gasteiger partial charge >= 0.3 is 0 Å². The molecule has 0 aliphatic carbocycles. The largest absolute Gasteiger partial charge is 0.378 e. The Bertz CT molecular complexity index is 549. The summed E-state index contributed by atoms with van der Waals surface area (Å²) in [6.07, 6.45) is 0. The Morgan fingerprint density at radius 2 is 1.80 bits per heavy atom. The third-order valence-electron chi connectivity index (χ3n) is 3.41. The molecule has 2 rings (SSSR count). The third-order valence-corrected chi connectivity index (χ3v) is 3.90. The van der Waals surface area contributed by atoms with E-state index in [-0.39, 0.29) is 0 Å². The zero-order chi connectivity index (χ0) is 14.5. The molecule has 0 saturated carbocycles. The Labute approximate surface area is 129 Å². The van der Waals surface area contributed by atoms with Crippen LogP contribution in [-0.2, 0) is 6.54 Å². The van der Waals surface area contributed by atoms with Gasteiger partial charge in [0.05, 0.1) is 0 Å². The van der Waals surface area contributed by atoms with Gasteiger partial charge in [-0.2, -0.15) is 0 Å². The minimum Gasteiger partial charge on any atom is -0.378 e. The highest BCUT2D eigenvalue weighted by Gasteiger charge is 2.05. The normalized spacial score (nSPS) is 12.2. The molecule has 2 nitrogen and oxygen atoms in total. The monoisotopic (exact) mass is 332 g/mol. The average Bonchev–Trinajstić information content (AvgIpc) is 2.45. The van der Waals surface area contributed by atoms with Gasteiger partial charge in [-0.05, 0) is 42.3 Å². The van der Waals surface area contributed by atoms with Crippen LogP contribution < -0.4 is 10.2 Å². The minimum atomic E-state index is 0.338. The van der Waals surface area contributed by atoms with Crippen LogP contribution in [0, 0.1) is 0 Å². The van der Waals surface area contributed by atoms with E-state index in [2.05, 4.69) is 89.6 Å². The van der Waals surface area contributed by atoms with Crippen molar-refractivity contribution in [1.82, 2.24) is 5.32 Å². The fraction of sp³-hybridized carbons (Fsp3) is 0.294. The molecule has 0 amide bonds. The number of hydrogen-bond acceptors (Lipinski definition) is 2. The maximum Gasteiger partial charge on any atom is 0.0361 e. The van der Waals surface area contributed by atoms with E-state index >= 15 is 0 Å². The zero-order valence-electron chi connectivity index (χ0n) is 12.2.